The van der Waals surface area contributed by atoms with Crippen molar-refractivity contribution >= 4 is 23.5 Å². The highest BCUT2D eigenvalue weighted by Gasteiger charge is 2.50. The number of hydrogen-bond donors (Lipinski definition) is 1. The fourth-order valence-electron chi connectivity index (χ4n) is 4.08. The third kappa shape index (κ3) is 3.99. The number of amides is 4. The molecular weight excluding hydrogens is 402 g/mol. The molecule has 32 heavy (non-hydrogen) atoms. The highest BCUT2D eigenvalue weighted by molar-refractivity contribution is 6.10. The molecule has 1 fully saturated rings. The van der Waals surface area contributed by atoms with Crippen molar-refractivity contribution in [3.05, 3.63) is 102 Å². The van der Waals surface area contributed by atoms with Gasteiger partial charge in [-0.1, -0.05) is 72.8 Å². The Kier molecular flexibility index (Phi) is 5.77. The average molecular weight is 428 g/mol. The van der Waals surface area contributed by atoms with Gasteiger partial charge in [-0.2, -0.15) is 0 Å². The number of para-hydroxylation sites is 1. The van der Waals surface area contributed by atoms with E-state index < -0.39 is 17.5 Å². The number of anilines is 1. The molecule has 3 aromatic rings. The van der Waals surface area contributed by atoms with E-state index in [4.69, 9.17) is 0 Å². The second kappa shape index (κ2) is 8.67. The summed E-state index contributed by atoms with van der Waals surface area (Å²) in [7, 11) is 0. The first-order valence-corrected chi connectivity index (χ1v) is 10.5. The van der Waals surface area contributed by atoms with E-state index in [1.54, 1.807) is 11.8 Å². The highest BCUT2D eigenvalue weighted by atomic mass is 16.2. The molecule has 0 radical (unpaired) electrons. The summed E-state index contributed by atoms with van der Waals surface area (Å²) in [5.41, 5.74) is 2.06. The molecule has 1 aliphatic rings. The summed E-state index contributed by atoms with van der Waals surface area (Å²) >= 11 is 0. The summed E-state index contributed by atoms with van der Waals surface area (Å²) in [4.78, 5) is 42.0. The first-order chi connectivity index (χ1) is 15.4. The van der Waals surface area contributed by atoms with Gasteiger partial charge >= 0.3 is 6.03 Å². The average Bonchev–Trinajstić information content (AvgIpc) is 3.02. The summed E-state index contributed by atoms with van der Waals surface area (Å²) in [6, 6.07) is 25.7. The summed E-state index contributed by atoms with van der Waals surface area (Å²) in [6.45, 7) is 3.57. The van der Waals surface area contributed by atoms with Crippen molar-refractivity contribution in [2.24, 2.45) is 0 Å². The lowest BCUT2D eigenvalue weighted by atomic mass is 9.88. The Morgan fingerprint density at radius 3 is 2.16 bits per heavy atom. The lowest BCUT2D eigenvalue weighted by Gasteiger charge is -2.26. The van der Waals surface area contributed by atoms with Gasteiger partial charge in [0.1, 0.15) is 12.1 Å². The van der Waals surface area contributed by atoms with Gasteiger partial charge in [-0.05, 0) is 42.7 Å². The van der Waals surface area contributed by atoms with Crippen LogP contribution in [0.5, 0.6) is 0 Å². The molecule has 1 atom stereocenters. The van der Waals surface area contributed by atoms with Crippen LogP contribution in [0.4, 0.5) is 10.5 Å². The standard InChI is InChI=1S/C26H25N3O3/c1-19-11-9-10-16-22(19)26(2)24(31)29(25(32)27-26)18-23(30)28(21-14-7-4-8-15-21)17-20-12-5-3-6-13-20/h3-16H,17-18H2,1-2H3,(H,27,32). The van der Waals surface area contributed by atoms with E-state index >= 15 is 0 Å². The number of urea groups is 1. The summed E-state index contributed by atoms with van der Waals surface area (Å²) in [6.07, 6.45) is 0. The van der Waals surface area contributed by atoms with Gasteiger partial charge in [0.2, 0.25) is 5.91 Å². The van der Waals surface area contributed by atoms with Crippen molar-refractivity contribution in [1.82, 2.24) is 10.2 Å². The molecule has 0 bridgehead atoms. The molecule has 0 saturated carbocycles. The fourth-order valence-corrected chi connectivity index (χ4v) is 4.08. The molecule has 3 aromatic carbocycles. The number of imide groups is 1. The Balaban J connectivity index is 1.60. The topological polar surface area (TPSA) is 69.7 Å². The Morgan fingerprint density at radius 2 is 1.50 bits per heavy atom. The van der Waals surface area contributed by atoms with Crippen molar-refractivity contribution < 1.29 is 14.4 Å². The minimum Gasteiger partial charge on any atom is -0.319 e. The molecular formula is C26H25N3O3. The second-order valence-corrected chi connectivity index (χ2v) is 8.06. The Bertz CT molecular complexity index is 1150. The minimum atomic E-state index is -1.21. The van der Waals surface area contributed by atoms with E-state index in [1.807, 2.05) is 91.9 Å². The smallest absolute Gasteiger partial charge is 0.319 e. The van der Waals surface area contributed by atoms with Crippen molar-refractivity contribution in [3.63, 3.8) is 0 Å². The van der Waals surface area contributed by atoms with Crippen molar-refractivity contribution in [2.45, 2.75) is 25.9 Å². The van der Waals surface area contributed by atoms with Crippen LogP contribution < -0.4 is 10.2 Å². The first-order valence-electron chi connectivity index (χ1n) is 10.5. The zero-order valence-electron chi connectivity index (χ0n) is 18.1. The van der Waals surface area contributed by atoms with E-state index in [9.17, 15) is 14.4 Å². The molecule has 0 aromatic heterocycles. The van der Waals surface area contributed by atoms with Crippen LogP contribution in [0.1, 0.15) is 23.6 Å². The van der Waals surface area contributed by atoms with Crippen molar-refractivity contribution in [2.75, 3.05) is 11.4 Å². The van der Waals surface area contributed by atoms with Crippen LogP contribution in [0.2, 0.25) is 0 Å². The van der Waals surface area contributed by atoms with Crippen LogP contribution in [0.15, 0.2) is 84.9 Å². The Morgan fingerprint density at radius 1 is 0.906 bits per heavy atom. The predicted molar refractivity (Wildman–Crippen MR) is 123 cm³/mol. The zero-order chi connectivity index (χ0) is 22.7. The van der Waals surface area contributed by atoms with Gasteiger partial charge in [-0.3, -0.25) is 14.5 Å². The van der Waals surface area contributed by atoms with Gasteiger partial charge in [0.25, 0.3) is 5.91 Å². The van der Waals surface area contributed by atoms with Gasteiger partial charge in [-0.15, -0.1) is 0 Å². The number of carbonyl (C=O) groups excluding carboxylic acids is 3. The van der Waals surface area contributed by atoms with Crippen LogP contribution in [0, 0.1) is 6.92 Å². The number of carbonyl (C=O) groups is 3. The number of nitrogens with one attached hydrogen (secondary N) is 1. The Hall–Kier alpha value is -3.93. The first kappa shape index (κ1) is 21.3. The maximum atomic E-state index is 13.4. The van der Waals surface area contributed by atoms with E-state index in [-0.39, 0.29) is 12.5 Å². The van der Waals surface area contributed by atoms with Crippen LogP contribution in [0.3, 0.4) is 0 Å². The molecule has 162 valence electrons. The van der Waals surface area contributed by atoms with E-state index in [1.165, 1.54) is 0 Å². The van der Waals surface area contributed by atoms with Gasteiger partial charge < -0.3 is 10.2 Å². The molecule has 0 spiro atoms. The third-order valence-corrected chi connectivity index (χ3v) is 5.80. The van der Waals surface area contributed by atoms with Crippen molar-refractivity contribution in [3.8, 4) is 0 Å². The van der Waals surface area contributed by atoms with Gasteiger partial charge in [0, 0.05) is 5.69 Å². The molecule has 6 heteroatoms. The molecule has 1 heterocycles. The highest BCUT2D eigenvalue weighted by Crippen LogP contribution is 2.31. The number of hydrogen-bond acceptors (Lipinski definition) is 3. The van der Waals surface area contributed by atoms with E-state index in [2.05, 4.69) is 5.32 Å². The maximum absolute atomic E-state index is 13.4. The van der Waals surface area contributed by atoms with Gasteiger partial charge in [0.05, 0.1) is 6.54 Å². The molecule has 1 N–H and O–H groups in total. The minimum absolute atomic E-state index is 0.336. The Labute approximate surface area is 187 Å². The molecule has 1 aliphatic heterocycles. The monoisotopic (exact) mass is 427 g/mol. The molecule has 6 nitrogen and oxygen atoms in total. The lowest BCUT2D eigenvalue weighted by molar-refractivity contribution is -0.134. The molecule has 4 amide bonds. The normalized spacial score (nSPS) is 17.9. The largest absolute Gasteiger partial charge is 0.325 e. The van der Waals surface area contributed by atoms with Crippen LogP contribution in [0.25, 0.3) is 0 Å². The summed E-state index contributed by atoms with van der Waals surface area (Å²) < 4.78 is 0. The van der Waals surface area contributed by atoms with E-state index in [0.717, 1.165) is 21.6 Å². The molecule has 4 rings (SSSR count). The maximum Gasteiger partial charge on any atom is 0.325 e. The molecule has 0 aliphatic carbocycles. The number of benzene rings is 3. The van der Waals surface area contributed by atoms with Gasteiger partial charge in [-0.25, -0.2) is 4.79 Å². The number of nitrogens with zero attached hydrogens (tertiary/aromatic N) is 2. The number of aryl methyl sites for hydroxylation is 1. The van der Waals surface area contributed by atoms with Crippen molar-refractivity contribution in [1.29, 1.82) is 0 Å². The van der Waals surface area contributed by atoms with Crippen LogP contribution >= 0.6 is 0 Å². The third-order valence-electron chi connectivity index (χ3n) is 5.80. The quantitative estimate of drug-likeness (QED) is 0.605. The predicted octanol–water partition coefficient (Wildman–Crippen LogP) is 4.00. The summed E-state index contributed by atoms with van der Waals surface area (Å²) in [5.74, 6) is -0.768. The number of rotatable bonds is 6. The SMILES string of the molecule is Cc1ccccc1C1(C)NC(=O)N(CC(=O)N(Cc2ccccc2)c2ccccc2)C1=O. The summed E-state index contributed by atoms with van der Waals surface area (Å²) in [5, 5.41) is 2.79. The van der Waals surface area contributed by atoms with E-state index in [0.29, 0.717) is 12.2 Å². The van der Waals surface area contributed by atoms with Gasteiger partial charge in [0.15, 0.2) is 0 Å². The molecule has 1 unspecified atom stereocenters. The van der Waals surface area contributed by atoms with Crippen LogP contribution in [-0.2, 0) is 21.7 Å². The van der Waals surface area contributed by atoms with Crippen LogP contribution in [-0.4, -0.2) is 29.3 Å². The zero-order valence-corrected chi connectivity index (χ0v) is 18.1. The second-order valence-electron chi connectivity index (χ2n) is 8.06. The fraction of sp³-hybridized carbons (Fsp3) is 0.192. The molecule has 1 saturated heterocycles. The lowest BCUT2D eigenvalue weighted by Crippen LogP contribution is -2.44.